The number of benzene rings is 7. The summed E-state index contributed by atoms with van der Waals surface area (Å²) in [4.78, 5) is 14.8. The van der Waals surface area contributed by atoms with Crippen LogP contribution in [-0.4, -0.2) is 21.9 Å². The predicted octanol–water partition coefficient (Wildman–Crippen LogP) is 11.8. The molecule has 4 nitrogen and oxygen atoms in total. The molecule has 0 aliphatic rings. The van der Waals surface area contributed by atoms with Crippen LogP contribution in [0.3, 0.4) is 0 Å². The van der Waals surface area contributed by atoms with Gasteiger partial charge in [-0.3, -0.25) is 0 Å². The minimum absolute atomic E-state index is 0.667. The zero-order valence-corrected chi connectivity index (χ0v) is 27.5. The van der Waals surface area contributed by atoms with Crippen molar-refractivity contribution in [2.75, 3.05) is 0 Å². The Balaban J connectivity index is 1.26. The maximum atomic E-state index is 6.29. The third-order valence-electron chi connectivity index (χ3n) is 9.76. The first-order valence-electron chi connectivity index (χ1n) is 17.1. The van der Waals surface area contributed by atoms with Gasteiger partial charge >= 0.3 is 296 Å². The van der Waals surface area contributed by atoms with Gasteiger partial charge in [0.05, 0.1) is 0 Å². The second kappa shape index (κ2) is 12.0. The molecule has 0 aliphatic heterocycles. The van der Waals surface area contributed by atoms with E-state index in [0.29, 0.717) is 5.82 Å². The number of rotatable bonds is 5. The van der Waals surface area contributed by atoms with Crippen molar-refractivity contribution in [1.82, 2.24) is 15.0 Å². The summed E-state index contributed by atoms with van der Waals surface area (Å²) in [6, 6.07) is 55.1. The first-order chi connectivity index (χ1) is 25.3. The number of para-hydroxylation sites is 1. The molecule has 0 amide bonds. The molecule has 0 spiro atoms. The maximum absolute atomic E-state index is 6.29. The predicted molar refractivity (Wildman–Crippen MR) is 211 cm³/mol. The van der Waals surface area contributed by atoms with E-state index in [1.54, 1.807) is 0 Å². The summed E-state index contributed by atoms with van der Waals surface area (Å²) < 4.78 is 6.29. The Morgan fingerprint density at radius 2 is 1.08 bits per heavy atom. The van der Waals surface area contributed by atoms with Crippen LogP contribution >= 0.6 is 0 Å². The van der Waals surface area contributed by atoms with Gasteiger partial charge in [-0.25, -0.2) is 0 Å². The Hall–Kier alpha value is -6.72. The zero-order chi connectivity index (χ0) is 33.7. The van der Waals surface area contributed by atoms with E-state index in [4.69, 9.17) is 14.4 Å². The van der Waals surface area contributed by atoms with Gasteiger partial charge < -0.3 is 0 Å². The van der Waals surface area contributed by atoms with Gasteiger partial charge in [0.2, 0.25) is 0 Å². The van der Waals surface area contributed by atoms with Crippen LogP contribution in [0.4, 0.5) is 0 Å². The molecule has 0 radical (unpaired) electrons. The molecule has 0 bridgehead atoms. The molecular formula is C46H28BN3O. The summed E-state index contributed by atoms with van der Waals surface area (Å²) in [5.74, 6) is 0.667. The van der Waals surface area contributed by atoms with Crippen LogP contribution < -0.4 is 0 Å². The van der Waals surface area contributed by atoms with Crippen molar-refractivity contribution in [1.29, 1.82) is 0 Å². The molecule has 7 aromatic carbocycles. The molecule has 5 heteroatoms. The second-order valence-electron chi connectivity index (χ2n) is 12.8. The van der Waals surface area contributed by atoms with Crippen LogP contribution in [0.1, 0.15) is 0 Å². The summed E-state index contributed by atoms with van der Waals surface area (Å²) in [6.45, 7) is 2.12. The van der Waals surface area contributed by atoms with E-state index >= 15 is 0 Å². The van der Waals surface area contributed by atoms with Crippen LogP contribution in [0.15, 0.2) is 175 Å². The summed E-state index contributed by atoms with van der Waals surface area (Å²) in [5, 5.41) is 7.01. The van der Waals surface area contributed by atoms with E-state index in [1.807, 2.05) is 54.9 Å². The monoisotopic (exact) mass is 649 g/mol. The summed E-state index contributed by atoms with van der Waals surface area (Å²) in [7, 11) is 0. The molecule has 10 rings (SSSR count). The Morgan fingerprint density at radius 3 is 1.94 bits per heavy atom. The second-order valence-corrected chi connectivity index (χ2v) is 12.8. The number of hydrogen-bond donors (Lipinski definition) is 0. The third kappa shape index (κ3) is 5.10. The van der Waals surface area contributed by atoms with E-state index in [9.17, 15) is 0 Å². The topological polar surface area (TPSA) is 51.8 Å². The van der Waals surface area contributed by atoms with E-state index in [-0.39, 0.29) is 0 Å². The van der Waals surface area contributed by atoms with Gasteiger partial charge in [-0.2, -0.15) is 0 Å². The van der Waals surface area contributed by atoms with Crippen LogP contribution in [0.5, 0.6) is 0 Å². The number of hydrogen-bond acceptors (Lipinski definition) is 4. The standard InChI is InChI=1S/C46H28BN3O/c1-2-11-30(12-3-1)46-49-44(47-45(50-46)39-18-10-20-42-43(39)38-17-8-9-19-41(38)51-42)34-26-32(29-21-23-48-24-22-29)25-33(27-34)40-28-31-13-4-5-14-35(31)36-15-6-7-16-37(36)40/h1-28H. The van der Waals surface area contributed by atoms with Gasteiger partial charge in [0.25, 0.3) is 0 Å². The van der Waals surface area contributed by atoms with Crippen LogP contribution in [0.25, 0.3) is 99.4 Å². The Labute approximate surface area is 294 Å². The Morgan fingerprint density at radius 1 is 0.412 bits per heavy atom. The first kappa shape index (κ1) is 29.2. The molecule has 0 unspecified atom stereocenters. The average molecular weight is 650 g/mol. The molecule has 236 valence electrons. The Bertz CT molecular complexity index is 2920. The van der Waals surface area contributed by atoms with Crippen molar-refractivity contribution in [2.45, 2.75) is 0 Å². The fourth-order valence-electron chi connectivity index (χ4n) is 7.37. The molecule has 0 saturated carbocycles. The number of nitrogens with zero attached hydrogens (tertiary/aromatic N) is 3. The quantitative estimate of drug-likeness (QED) is 0.174. The molecule has 51 heavy (non-hydrogen) atoms. The van der Waals surface area contributed by atoms with Gasteiger partial charge in [0, 0.05) is 0 Å². The van der Waals surface area contributed by atoms with Gasteiger partial charge in [-0.1, -0.05) is 0 Å². The molecular weight excluding hydrogens is 621 g/mol. The fraction of sp³-hybridized carbons (Fsp3) is 0. The van der Waals surface area contributed by atoms with Crippen LogP contribution in [-0.2, 0) is 0 Å². The van der Waals surface area contributed by atoms with Crippen molar-refractivity contribution < 1.29 is 4.42 Å². The average Bonchev–Trinajstić information content (AvgIpc) is 3.60. The van der Waals surface area contributed by atoms with Crippen molar-refractivity contribution in [3.8, 4) is 55.9 Å². The third-order valence-corrected chi connectivity index (χ3v) is 9.76. The van der Waals surface area contributed by atoms with Gasteiger partial charge in [0.15, 0.2) is 0 Å². The van der Waals surface area contributed by atoms with E-state index in [1.165, 1.54) is 27.1 Å². The van der Waals surface area contributed by atoms with Crippen molar-refractivity contribution in [3.05, 3.63) is 170 Å². The minimum atomic E-state index is 0.667. The molecule has 0 N–H and O–H groups in total. The normalized spacial score (nSPS) is 11.5. The molecule has 0 atom stereocenters. The van der Waals surface area contributed by atoms with Crippen molar-refractivity contribution >= 4 is 50.4 Å². The molecule has 0 aliphatic carbocycles. The van der Waals surface area contributed by atoms with Gasteiger partial charge in [0.1, 0.15) is 0 Å². The van der Waals surface area contributed by atoms with Crippen molar-refractivity contribution in [2.24, 2.45) is 0 Å². The SMILES string of the molecule is b1c(-c2cc(-c3ccncc3)cc(-c3cc4ccccc4c4ccccc34)c2)nc(-c2ccccc2)nc1-c1cccc2oc3ccccc3c12. The Kier molecular flexibility index (Phi) is 6.88. The summed E-state index contributed by atoms with van der Waals surface area (Å²) in [6.07, 6.45) is 3.69. The van der Waals surface area contributed by atoms with Gasteiger partial charge in [-0.05, 0) is 0 Å². The fourth-order valence-corrected chi connectivity index (χ4v) is 7.37. The van der Waals surface area contributed by atoms with Crippen molar-refractivity contribution in [3.63, 3.8) is 0 Å². The number of pyridine rings is 1. The number of fused-ring (bicyclic) bond motifs is 6. The zero-order valence-electron chi connectivity index (χ0n) is 27.5. The van der Waals surface area contributed by atoms with E-state index in [0.717, 1.165) is 66.5 Å². The van der Waals surface area contributed by atoms with Gasteiger partial charge in [-0.15, -0.1) is 0 Å². The molecule has 0 fully saturated rings. The van der Waals surface area contributed by atoms with Crippen LogP contribution in [0.2, 0.25) is 0 Å². The molecule has 3 heterocycles. The molecule has 0 saturated heterocycles. The first-order valence-corrected chi connectivity index (χ1v) is 17.1. The molecule has 10 aromatic rings. The number of furan rings is 1. The summed E-state index contributed by atoms with van der Waals surface area (Å²) in [5.41, 5.74) is 10.8. The molecule has 3 aromatic heterocycles. The van der Waals surface area contributed by atoms with Crippen LogP contribution in [0, 0.1) is 0 Å². The summed E-state index contributed by atoms with van der Waals surface area (Å²) >= 11 is 0. The number of aromatic nitrogens is 3. The van der Waals surface area contributed by atoms with E-state index in [2.05, 4.69) is 127 Å². The van der Waals surface area contributed by atoms with E-state index < -0.39 is 0 Å².